The van der Waals surface area contributed by atoms with Gasteiger partial charge < -0.3 is 20.1 Å². The van der Waals surface area contributed by atoms with Gasteiger partial charge in [0.05, 0.1) is 11.8 Å². The maximum absolute atomic E-state index is 11.3. The van der Waals surface area contributed by atoms with Crippen LogP contribution in [0.3, 0.4) is 0 Å². The lowest BCUT2D eigenvalue weighted by Crippen LogP contribution is -2.00. The molecule has 5 heteroatoms. The van der Waals surface area contributed by atoms with Crippen molar-refractivity contribution in [1.29, 1.82) is 0 Å². The largest absolute Gasteiger partial charge is 0.504 e. The van der Waals surface area contributed by atoms with Crippen molar-refractivity contribution in [1.82, 2.24) is 0 Å². The van der Waals surface area contributed by atoms with Crippen LogP contribution in [0.2, 0.25) is 0 Å². The van der Waals surface area contributed by atoms with E-state index in [1.807, 2.05) is 0 Å². The van der Waals surface area contributed by atoms with Crippen LogP contribution >= 0.6 is 0 Å². The molecule has 0 saturated carbocycles. The van der Waals surface area contributed by atoms with E-state index in [0.29, 0.717) is 0 Å². The van der Waals surface area contributed by atoms with Gasteiger partial charge in [0, 0.05) is 0 Å². The van der Waals surface area contributed by atoms with Crippen LogP contribution in [0, 0.1) is 0 Å². The zero-order chi connectivity index (χ0) is 12.1. The third kappa shape index (κ3) is 2.54. The van der Waals surface area contributed by atoms with Crippen molar-refractivity contribution in [2.75, 3.05) is 0 Å². The number of aromatic hydroxyl groups is 3. The summed E-state index contributed by atoms with van der Waals surface area (Å²) in [5.74, 6) is -2.65. The van der Waals surface area contributed by atoms with Gasteiger partial charge in [0.25, 0.3) is 0 Å². The predicted molar refractivity (Wildman–Crippen MR) is 56.2 cm³/mol. The summed E-state index contributed by atoms with van der Waals surface area (Å²) in [6, 6.07) is 1.97. The predicted octanol–water partition coefficient (Wildman–Crippen LogP) is 1.66. The van der Waals surface area contributed by atoms with Crippen molar-refractivity contribution in [2.45, 2.75) is 0 Å². The van der Waals surface area contributed by atoms with Crippen molar-refractivity contribution < 1.29 is 24.9 Å². The van der Waals surface area contributed by atoms with Gasteiger partial charge in [-0.25, -0.2) is 4.79 Å². The van der Waals surface area contributed by atoms with Crippen LogP contribution in [0.15, 0.2) is 37.1 Å². The average Bonchev–Trinajstić information content (AvgIpc) is 2.25. The van der Waals surface area contributed by atoms with Gasteiger partial charge in [-0.15, -0.1) is 0 Å². The Hall–Kier alpha value is -2.43. The average molecular weight is 222 g/mol. The van der Waals surface area contributed by atoms with E-state index in [1.54, 1.807) is 0 Å². The van der Waals surface area contributed by atoms with Gasteiger partial charge in [-0.3, -0.25) is 0 Å². The molecule has 0 aromatic heterocycles. The van der Waals surface area contributed by atoms with Gasteiger partial charge in [-0.1, -0.05) is 12.7 Å². The van der Waals surface area contributed by atoms with Crippen LogP contribution in [0.5, 0.6) is 17.2 Å². The minimum atomic E-state index is -0.774. The summed E-state index contributed by atoms with van der Waals surface area (Å²) in [7, 11) is 0. The van der Waals surface area contributed by atoms with E-state index in [9.17, 15) is 4.79 Å². The number of esters is 1. The Labute approximate surface area is 91.5 Å². The van der Waals surface area contributed by atoms with Crippen LogP contribution in [0.1, 0.15) is 10.4 Å². The SMILES string of the molecule is C=C/C=C/OC(=O)c1cc(O)c(O)c(O)c1. The third-order valence-electron chi connectivity index (χ3n) is 1.70. The van der Waals surface area contributed by atoms with Crippen molar-refractivity contribution >= 4 is 5.97 Å². The summed E-state index contributed by atoms with van der Waals surface area (Å²) in [6.45, 7) is 3.38. The molecule has 3 N–H and O–H groups in total. The van der Waals surface area contributed by atoms with Gasteiger partial charge in [-0.2, -0.15) is 0 Å². The number of carbonyl (C=O) groups excluding carboxylic acids is 1. The number of hydrogen-bond acceptors (Lipinski definition) is 5. The first-order valence-corrected chi connectivity index (χ1v) is 4.29. The van der Waals surface area contributed by atoms with Gasteiger partial charge in [0.2, 0.25) is 0 Å². The molecule has 0 aliphatic carbocycles. The van der Waals surface area contributed by atoms with Gasteiger partial charge in [0.1, 0.15) is 0 Å². The summed E-state index contributed by atoms with van der Waals surface area (Å²) in [5, 5.41) is 27.3. The smallest absolute Gasteiger partial charge is 0.343 e. The highest BCUT2D eigenvalue weighted by molar-refractivity contribution is 5.91. The number of phenols is 3. The molecule has 0 bridgehead atoms. The fraction of sp³-hybridized carbons (Fsp3) is 0. The molecule has 5 nitrogen and oxygen atoms in total. The molecule has 1 aromatic carbocycles. The number of rotatable bonds is 3. The lowest BCUT2D eigenvalue weighted by molar-refractivity contribution is 0.0662. The zero-order valence-electron chi connectivity index (χ0n) is 8.25. The van der Waals surface area contributed by atoms with E-state index >= 15 is 0 Å². The lowest BCUT2D eigenvalue weighted by atomic mass is 10.2. The molecule has 0 spiro atoms. The fourth-order valence-electron chi connectivity index (χ4n) is 0.947. The lowest BCUT2D eigenvalue weighted by Gasteiger charge is -2.03. The molecule has 0 aliphatic rings. The second-order valence-electron chi connectivity index (χ2n) is 2.83. The topological polar surface area (TPSA) is 87.0 Å². The molecule has 0 fully saturated rings. The van der Waals surface area contributed by atoms with Crippen LogP contribution < -0.4 is 0 Å². The maximum atomic E-state index is 11.3. The first kappa shape index (κ1) is 11.6. The molecule has 0 unspecified atom stereocenters. The Balaban J connectivity index is 2.92. The molecule has 0 heterocycles. The number of allylic oxidation sites excluding steroid dienone is 2. The Bertz CT molecular complexity index is 425. The molecule has 0 atom stereocenters. The van der Waals surface area contributed by atoms with Crippen LogP contribution in [-0.2, 0) is 4.74 Å². The monoisotopic (exact) mass is 222 g/mol. The number of hydrogen-bond donors (Lipinski definition) is 3. The van der Waals surface area contributed by atoms with Crippen molar-refractivity contribution in [2.24, 2.45) is 0 Å². The Morgan fingerprint density at radius 1 is 1.25 bits per heavy atom. The molecular weight excluding hydrogens is 212 g/mol. The summed E-state index contributed by atoms with van der Waals surface area (Å²) >= 11 is 0. The molecule has 0 aliphatic heterocycles. The summed E-state index contributed by atoms with van der Waals surface area (Å²) in [5.41, 5.74) is -0.0819. The van der Waals surface area contributed by atoms with Crippen LogP contribution in [0.4, 0.5) is 0 Å². The second kappa shape index (κ2) is 4.88. The zero-order valence-corrected chi connectivity index (χ0v) is 8.25. The highest BCUT2D eigenvalue weighted by atomic mass is 16.5. The van der Waals surface area contributed by atoms with Crippen molar-refractivity contribution in [3.63, 3.8) is 0 Å². The number of carbonyl (C=O) groups is 1. The van der Waals surface area contributed by atoms with Crippen molar-refractivity contribution in [3.8, 4) is 17.2 Å². The van der Waals surface area contributed by atoms with Gasteiger partial charge in [-0.05, 0) is 18.2 Å². The highest BCUT2D eigenvalue weighted by Crippen LogP contribution is 2.35. The number of phenolic OH excluding ortho intramolecular Hbond substituents is 3. The fourth-order valence-corrected chi connectivity index (χ4v) is 0.947. The first-order chi connectivity index (χ1) is 7.56. The Morgan fingerprint density at radius 2 is 1.81 bits per heavy atom. The standard InChI is InChI=1S/C11H10O5/c1-2-3-4-16-11(15)7-5-8(12)10(14)9(13)6-7/h2-6,12-14H,1H2/b4-3+. The second-order valence-corrected chi connectivity index (χ2v) is 2.83. The van der Waals surface area contributed by atoms with Gasteiger partial charge >= 0.3 is 5.97 Å². The molecule has 0 saturated heterocycles. The molecule has 0 amide bonds. The van der Waals surface area contributed by atoms with E-state index in [4.69, 9.17) is 15.3 Å². The van der Waals surface area contributed by atoms with Crippen LogP contribution in [0.25, 0.3) is 0 Å². The number of ether oxygens (including phenoxy) is 1. The Morgan fingerprint density at radius 3 is 2.31 bits per heavy atom. The molecular formula is C11H10O5. The van der Waals surface area contributed by atoms with Crippen molar-refractivity contribution in [3.05, 3.63) is 42.7 Å². The molecule has 16 heavy (non-hydrogen) atoms. The maximum Gasteiger partial charge on any atom is 0.343 e. The normalized spacial score (nSPS) is 10.2. The summed E-state index contributed by atoms with van der Waals surface area (Å²) in [4.78, 5) is 11.3. The van der Waals surface area contributed by atoms with Crippen LogP contribution in [-0.4, -0.2) is 21.3 Å². The molecule has 1 rings (SSSR count). The third-order valence-corrected chi connectivity index (χ3v) is 1.70. The summed E-state index contributed by atoms with van der Waals surface area (Å²) in [6.07, 6.45) is 3.92. The molecule has 1 aromatic rings. The van der Waals surface area contributed by atoms with E-state index in [0.717, 1.165) is 18.4 Å². The molecule has 0 radical (unpaired) electrons. The number of benzene rings is 1. The van der Waals surface area contributed by atoms with E-state index in [1.165, 1.54) is 12.2 Å². The van der Waals surface area contributed by atoms with E-state index in [2.05, 4.69) is 11.3 Å². The minimum absolute atomic E-state index is 0.0819. The first-order valence-electron chi connectivity index (χ1n) is 4.29. The van der Waals surface area contributed by atoms with Gasteiger partial charge in [0.15, 0.2) is 17.2 Å². The minimum Gasteiger partial charge on any atom is -0.504 e. The summed E-state index contributed by atoms with van der Waals surface area (Å²) < 4.78 is 4.62. The quantitative estimate of drug-likeness (QED) is 0.313. The van der Waals surface area contributed by atoms with E-state index in [-0.39, 0.29) is 5.56 Å². The Kier molecular flexibility index (Phi) is 3.55. The van der Waals surface area contributed by atoms with E-state index < -0.39 is 23.2 Å². The highest BCUT2D eigenvalue weighted by Gasteiger charge is 2.13. The molecule has 84 valence electrons.